The van der Waals surface area contributed by atoms with E-state index < -0.39 is 32.0 Å². The molecule has 5 rings (SSSR count). The number of sulfonamides is 1. The van der Waals surface area contributed by atoms with Gasteiger partial charge in [0.25, 0.3) is 0 Å². The van der Waals surface area contributed by atoms with Crippen molar-refractivity contribution in [3.8, 4) is 11.8 Å². The number of aliphatic imine (C=N–C) groups is 1. The highest BCUT2D eigenvalue weighted by molar-refractivity contribution is 7.90. The Morgan fingerprint density at radius 2 is 1.97 bits per heavy atom. The molecular weight excluding hydrogens is 426 g/mol. The lowest BCUT2D eigenvalue weighted by Gasteiger charge is -2.57. The number of hydrogen-bond acceptors (Lipinski definition) is 5. The number of benzene rings is 1. The molecule has 4 fully saturated rings. The molecule has 7 nitrogen and oxygen atoms in total. The molecule has 1 aromatic carbocycles. The molecule has 1 aromatic rings. The van der Waals surface area contributed by atoms with Crippen LogP contribution in [0.5, 0.6) is 5.75 Å². The van der Waals surface area contributed by atoms with Crippen molar-refractivity contribution >= 4 is 15.9 Å². The molecule has 4 saturated carbocycles. The van der Waals surface area contributed by atoms with Gasteiger partial charge >= 0.3 is 0 Å². The molecule has 0 spiro atoms. The molecule has 0 radical (unpaired) electrons. The molecule has 0 saturated heterocycles. The summed E-state index contributed by atoms with van der Waals surface area (Å²) in [5, 5.41) is 14.9. The fraction of sp³-hybridized carbons (Fsp3) is 0.619. The Kier molecular flexibility index (Phi) is 5.25. The van der Waals surface area contributed by atoms with E-state index in [-0.39, 0.29) is 35.9 Å². The van der Waals surface area contributed by atoms with Crippen LogP contribution in [-0.2, 0) is 10.0 Å². The third-order valence-corrected chi connectivity index (χ3v) is 8.95. The molecule has 3 atom stereocenters. The van der Waals surface area contributed by atoms with Gasteiger partial charge in [0.1, 0.15) is 11.7 Å². The van der Waals surface area contributed by atoms with Crippen molar-refractivity contribution in [3.05, 3.63) is 29.8 Å². The van der Waals surface area contributed by atoms with Gasteiger partial charge in [0.05, 0.1) is 23.3 Å². The maximum absolute atomic E-state index is 14.1. The van der Waals surface area contributed by atoms with Gasteiger partial charge < -0.3 is 10.5 Å². The van der Waals surface area contributed by atoms with Gasteiger partial charge in [-0.25, -0.2) is 22.3 Å². The van der Waals surface area contributed by atoms with Crippen LogP contribution in [0.25, 0.3) is 0 Å². The van der Waals surface area contributed by atoms with Crippen molar-refractivity contribution < 1.29 is 21.9 Å². The SMILES string of the molecule is CC(CC#N)(Oc1ccc(F)cc1F)C(N)=NC1C2CC3CC1CC(S(N)(=O)=O)(C3)C2. The first-order valence-electron chi connectivity index (χ1n) is 10.3. The smallest absolute Gasteiger partial charge is 0.214 e. The van der Waals surface area contributed by atoms with E-state index in [1.807, 2.05) is 6.07 Å². The van der Waals surface area contributed by atoms with Crippen LogP contribution in [0.3, 0.4) is 0 Å². The summed E-state index contributed by atoms with van der Waals surface area (Å²) >= 11 is 0. The van der Waals surface area contributed by atoms with Crippen LogP contribution in [-0.4, -0.2) is 30.6 Å². The summed E-state index contributed by atoms with van der Waals surface area (Å²) in [6, 6.07) is 4.69. The Hall–Kier alpha value is -2.25. The first-order chi connectivity index (χ1) is 14.5. The van der Waals surface area contributed by atoms with Gasteiger partial charge in [0.2, 0.25) is 10.0 Å². The van der Waals surface area contributed by atoms with E-state index in [9.17, 15) is 22.5 Å². The molecule has 4 N–H and O–H groups in total. The molecule has 4 aliphatic rings. The number of nitrogens with zero attached hydrogens (tertiary/aromatic N) is 2. The van der Waals surface area contributed by atoms with Gasteiger partial charge in [-0.1, -0.05) is 0 Å². The van der Waals surface area contributed by atoms with Crippen molar-refractivity contribution in [2.45, 2.75) is 61.8 Å². The second-order valence-electron chi connectivity index (χ2n) is 9.45. The monoisotopic (exact) mass is 452 g/mol. The van der Waals surface area contributed by atoms with Crippen molar-refractivity contribution in [1.82, 2.24) is 0 Å². The molecule has 31 heavy (non-hydrogen) atoms. The minimum Gasteiger partial charge on any atom is -0.476 e. The lowest BCUT2D eigenvalue weighted by atomic mass is 9.54. The predicted molar refractivity (Wildman–Crippen MR) is 110 cm³/mol. The Labute approximate surface area is 180 Å². The van der Waals surface area contributed by atoms with Crippen molar-refractivity contribution in [3.63, 3.8) is 0 Å². The van der Waals surface area contributed by atoms with E-state index in [1.165, 1.54) is 0 Å². The maximum atomic E-state index is 14.1. The second kappa shape index (κ2) is 7.41. The summed E-state index contributed by atoms with van der Waals surface area (Å²) in [5.74, 6) is -1.48. The first kappa shape index (κ1) is 22.0. The molecule has 10 heteroatoms. The normalized spacial score (nSPS) is 34.2. The van der Waals surface area contributed by atoms with E-state index in [0.29, 0.717) is 31.2 Å². The number of nitrogens with two attached hydrogens (primary N) is 2. The van der Waals surface area contributed by atoms with Crippen LogP contribution in [0.1, 0.15) is 45.4 Å². The van der Waals surface area contributed by atoms with E-state index in [0.717, 1.165) is 25.0 Å². The van der Waals surface area contributed by atoms with E-state index >= 15 is 0 Å². The molecular formula is C21H26F2N4O3S. The molecule has 3 unspecified atom stereocenters. The van der Waals surface area contributed by atoms with E-state index in [4.69, 9.17) is 20.6 Å². The highest BCUT2D eigenvalue weighted by atomic mass is 32.2. The fourth-order valence-corrected chi connectivity index (χ4v) is 7.27. The number of rotatable bonds is 6. The van der Waals surface area contributed by atoms with Crippen molar-refractivity contribution in [2.24, 2.45) is 33.6 Å². The van der Waals surface area contributed by atoms with Gasteiger partial charge in [0, 0.05) is 6.07 Å². The molecule has 0 aliphatic heterocycles. The molecule has 0 aromatic heterocycles. The number of amidine groups is 1. The van der Waals surface area contributed by atoms with Crippen LogP contribution < -0.4 is 15.6 Å². The standard InChI is InChI=1S/C21H26F2N4O3S/c1-20(4-5-24,30-17-3-2-15(22)8-16(17)23)19(25)27-18-13-6-12-7-14(18)11-21(9-12,10-13)31(26,28)29/h2-3,8,12-14,18H,4,6-7,9-11H2,1H3,(H2,25,27)(H2,26,28,29). The Bertz CT molecular complexity index is 1050. The third-order valence-electron chi connectivity index (χ3n) is 7.25. The van der Waals surface area contributed by atoms with Crippen molar-refractivity contribution in [1.29, 1.82) is 5.26 Å². The first-order valence-corrected chi connectivity index (χ1v) is 11.9. The van der Waals surface area contributed by atoms with Crippen molar-refractivity contribution in [2.75, 3.05) is 0 Å². The highest BCUT2D eigenvalue weighted by Crippen LogP contribution is 2.59. The van der Waals surface area contributed by atoms with Crippen LogP contribution in [0.15, 0.2) is 23.2 Å². The van der Waals surface area contributed by atoms with Crippen LogP contribution in [0.2, 0.25) is 0 Å². The summed E-state index contributed by atoms with van der Waals surface area (Å²) < 4.78 is 56.8. The Morgan fingerprint density at radius 3 is 2.52 bits per heavy atom. The minimum absolute atomic E-state index is 0.0250. The van der Waals surface area contributed by atoms with Crippen LogP contribution >= 0.6 is 0 Å². The minimum atomic E-state index is -3.68. The summed E-state index contributed by atoms with van der Waals surface area (Å²) in [7, 11) is -3.68. The van der Waals surface area contributed by atoms with Gasteiger partial charge in [-0.2, -0.15) is 5.26 Å². The van der Waals surface area contributed by atoms with Gasteiger partial charge in [-0.15, -0.1) is 0 Å². The number of ether oxygens (including phenoxy) is 1. The van der Waals surface area contributed by atoms with Gasteiger partial charge in [0.15, 0.2) is 17.2 Å². The predicted octanol–water partition coefficient (Wildman–Crippen LogP) is 2.61. The zero-order valence-corrected chi connectivity index (χ0v) is 18.0. The maximum Gasteiger partial charge on any atom is 0.214 e. The number of hydrogen-bond donors (Lipinski definition) is 2. The summed E-state index contributed by atoms with van der Waals surface area (Å²) in [6.07, 6.45) is 3.02. The van der Waals surface area contributed by atoms with Gasteiger partial charge in [-0.05, 0) is 68.9 Å². The molecule has 4 aliphatic carbocycles. The van der Waals surface area contributed by atoms with E-state index in [2.05, 4.69) is 0 Å². The largest absolute Gasteiger partial charge is 0.476 e. The van der Waals surface area contributed by atoms with Gasteiger partial charge in [-0.3, -0.25) is 4.99 Å². The third kappa shape index (κ3) is 3.78. The summed E-state index contributed by atoms with van der Waals surface area (Å²) in [4.78, 5) is 4.71. The summed E-state index contributed by atoms with van der Waals surface area (Å²) in [6.45, 7) is 1.54. The zero-order chi connectivity index (χ0) is 22.6. The topological polar surface area (TPSA) is 132 Å². The highest BCUT2D eigenvalue weighted by Gasteiger charge is 2.60. The Morgan fingerprint density at radius 1 is 1.32 bits per heavy atom. The molecule has 4 bridgehead atoms. The average molecular weight is 453 g/mol. The summed E-state index contributed by atoms with van der Waals surface area (Å²) in [5.41, 5.74) is 4.88. The van der Waals surface area contributed by atoms with Crippen LogP contribution in [0.4, 0.5) is 8.78 Å². The number of halogens is 2. The van der Waals surface area contributed by atoms with E-state index in [1.54, 1.807) is 6.92 Å². The number of primary sulfonamides is 1. The molecule has 168 valence electrons. The lowest BCUT2D eigenvalue weighted by Crippen LogP contribution is -2.61. The lowest BCUT2D eigenvalue weighted by molar-refractivity contribution is 0.0138. The van der Waals surface area contributed by atoms with Crippen LogP contribution in [0, 0.1) is 40.7 Å². The quantitative estimate of drug-likeness (QED) is 0.506. The molecule has 0 amide bonds. The Balaban J connectivity index is 1.62. The average Bonchev–Trinajstić information content (AvgIpc) is 2.65. The second-order valence-corrected chi connectivity index (χ2v) is 11.4. The molecule has 0 heterocycles. The zero-order valence-electron chi connectivity index (χ0n) is 17.2. The number of nitriles is 1. The fourth-order valence-electron chi connectivity index (χ4n) is 5.91.